The summed E-state index contributed by atoms with van der Waals surface area (Å²) in [5, 5.41) is 3.41. The average Bonchev–Trinajstić information content (AvgIpc) is 2.32. The Hall–Kier alpha value is -1.55. The van der Waals surface area contributed by atoms with Crippen molar-refractivity contribution in [3.63, 3.8) is 0 Å². The molecule has 0 bridgehead atoms. The second-order valence-electron chi connectivity index (χ2n) is 3.49. The van der Waals surface area contributed by atoms with Gasteiger partial charge in [-0.05, 0) is 18.6 Å². The van der Waals surface area contributed by atoms with Gasteiger partial charge >= 0.3 is 0 Å². The van der Waals surface area contributed by atoms with Crippen LogP contribution in [0.1, 0.15) is 6.42 Å². The molecule has 0 amide bonds. The zero-order valence-corrected chi connectivity index (χ0v) is 9.33. The van der Waals surface area contributed by atoms with Crippen LogP contribution in [0.25, 0.3) is 10.8 Å². The first-order valence-electron chi connectivity index (χ1n) is 5.02. The highest BCUT2D eigenvalue weighted by molar-refractivity contribution is 6.17. The van der Waals surface area contributed by atoms with E-state index in [0.29, 0.717) is 29.6 Å². The lowest BCUT2D eigenvalue weighted by Gasteiger charge is -2.05. The van der Waals surface area contributed by atoms with Gasteiger partial charge in [-0.2, -0.15) is 0 Å². The van der Waals surface area contributed by atoms with Crippen molar-refractivity contribution in [2.45, 2.75) is 13.0 Å². The molecule has 0 spiro atoms. The predicted molar refractivity (Wildman–Crippen MR) is 64.2 cm³/mol. The van der Waals surface area contributed by atoms with E-state index in [4.69, 9.17) is 11.6 Å². The van der Waals surface area contributed by atoms with E-state index in [1.54, 1.807) is 24.3 Å². The summed E-state index contributed by atoms with van der Waals surface area (Å²) in [4.78, 5) is 23.6. The molecule has 0 atom stereocenters. The monoisotopic (exact) mass is 238 g/mol. The Bertz CT molecular complexity index is 615. The number of rotatable bonds is 3. The molecule has 0 radical (unpaired) electrons. The van der Waals surface area contributed by atoms with E-state index in [2.05, 4.69) is 5.10 Å². The number of H-pyrrole nitrogens is 1. The standard InChI is InChI=1S/C11H11ClN2O2/c12-6-3-7-14-11(16)9-5-2-1-4-8(9)10(15)13-14/h1-2,4-5H,3,6-7H2,(H,13,15). The Morgan fingerprint density at radius 2 is 1.88 bits per heavy atom. The summed E-state index contributed by atoms with van der Waals surface area (Å²) in [6, 6.07) is 6.78. The molecule has 0 fully saturated rings. The Kier molecular flexibility index (Phi) is 3.10. The molecule has 84 valence electrons. The molecule has 16 heavy (non-hydrogen) atoms. The number of aromatic nitrogens is 2. The average molecular weight is 239 g/mol. The summed E-state index contributed by atoms with van der Waals surface area (Å²) in [7, 11) is 0. The normalized spacial score (nSPS) is 10.8. The first-order chi connectivity index (χ1) is 7.74. The fourth-order valence-electron chi connectivity index (χ4n) is 1.62. The molecule has 1 aromatic heterocycles. The van der Waals surface area contributed by atoms with Gasteiger partial charge in [0.15, 0.2) is 0 Å². The van der Waals surface area contributed by atoms with Crippen molar-refractivity contribution in [2.24, 2.45) is 0 Å². The van der Waals surface area contributed by atoms with Crippen LogP contribution in [0.2, 0.25) is 0 Å². The van der Waals surface area contributed by atoms with Gasteiger partial charge in [-0.3, -0.25) is 14.7 Å². The molecule has 1 N–H and O–H groups in total. The van der Waals surface area contributed by atoms with Crippen LogP contribution in [0.3, 0.4) is 0 Å². The van der Waals surface area contributed by atoms with E-state index < -0.39 is 0 Å². The van der Waals surface area contributed by atoms with Gasteiger partial charge in [0.2, 0.25) is 0 Å². The summed E-state index contributed by atoms with van der Waals surface area (Å²) < 4.78 is 1.31. The largest absolute Gasteiger partial charge is 0.273 e. The zero-order valence-electron chi connectivity index (χ0n) is 8.57. The molecule has 5 heteroatoms. The van der Waals surface area contributed by atoms with Crippen LogP contribution < -0.4 is 11.1 Å². The quantitative estimate of drug-likeness (QED) is 0.820. The van der Waals surface area contributed by atoms with Crippen molar-refractivity contribution in [1.29, 1.82) is 0 Å². The van der Waals surface area contributed by atoms with Gasteiger partial charge in [0.1, 0.15) is 0 Å². The summed E-state index contributed by atoms with van der Waals surface area (Å²) in [5.41, 5.74) is -0.426. The lowest BCUT2D eigenvalue weighted by atomic mass is 10.2. The lowest BCUT2D eigenvalue weighted by molar-refractivity contribution is 0.568. The molecule has 0 aliphatic heterocycles. The number of hydrogen-bond donors (Lipinski definition) is 1. The maximum Gasteiger partial charge on any atom is 0.273 e. The van der Waals surface area contributed by atoms with E-state index in [1.807, 2.05) is 0 Å². The Balaban J connectivity index is 2.66. The predicted octanol–water partition coefficient (Wildman–Crippen LogP) is 1.32. The van der Waals surface area contributed by atoms with Crippen LogP contribution in [0.4, 0.5) is 0 Å². The summed E-state index contributed by atoms with van der Waals surface area (Å²) >= 11 is 5.55. The third-order valence-corrected chi connectivity index (χ3v) is 2.67. The first kappa shape index (κ1) is 11.0. The van der Waals surface area contributed by atoms with Gasteiger partial charge in [-0.25, -0.2) is 4.68 Å². The minimum absolute atomic E-state index is 0.180. The zero-order chi connectivity index (χ0) is 11.5. The molecular formula is C11H11ClN2O2. The van der Waals surface area contributed by atoms with E-state index in [1.165, 1.54) is 4.68 Å². The number of nitrogens with zero attached hydrogens (tertiary/aromatic N) is 1. The first-order valence-corrected chi connectivity index (χ1v) is 5.55. The molecule has 0 aliphatic carbocycles. The highest BCUT2D eigenvalue weighted by Gasteiger charge is 2.05. The highest BCUT2D eigenvalue weighted by atomic mass is 35.5. The molecular weight excluding hydrogens is 228 g/mol. The van der Waals surface area contributed by atoms with Crippen LogP contribution >= 0.6 is 11.6 Å². The van der Waals surface area contributed by atoms with Gasteiger partial charge in [0.25, 0.3) is 11.1 Å². The van der Waals surface area contributed by atoms with Crippen molar-refractivity contribution in [2.75, 3.05) is 5.88 Å². The summed E-state index contributed by atoms with van der Waals surface area (Å²) in [5.74, 6) is 0.460. The van der Waals surface area contributed by atoms with E-state index in [0.717, 1.165) is 0 Å². The molecule has 2 aromatic rings. The molecule has 0 unspecified atom stereocenters. The highest BCUT2D eigenvalue weighted by Crippen LogP contribution is 2.02. The van der Waals surface area contributed by atoms with Crippen LogP contribution in [0.15, 0.2) is 33.9 Å². The number of aromatic amines is 1. The molecule has 1 aromatic carbocycles. The second kappa shape index (κ2) is 4.53. The van der Waals surface area contributed by atoms with Crippen molar-refractivity contribution < 1.29 is 0 Å². The van der Waals surface area contributed by atoms with Crippen LogP contribution in [0, 0.1) is 0 Å². The lowest BCUT2D eigenvalue weighted by Crippen LogP contribution is -2.29. The number of fused-ring (bicyclic) bond motifs is 1. The third kappa shape index (κ3) is 1.88. The number of hydrogen-bond acceptors (Lipinski definition) is 2. The fourth-order valence-corrected chi connectivity index (χ4v) is 1.74. The number of alkyl halides is 1. The smallest absolute Gasteiger partial charge is 0.267 e. The molecule has 0 saturated carbocycles. The Morgan fingerprint density at radius 1 is 1.19 bits per heavy atom. The van der Waals surface area contributed by atoms with Crippen molar-refractivity contribution in [3.05, 3.63) is 45.0 Å². The molecule has 4 nitrogen and oxygen atoms in total. The van der Waals surface area contributed by atoms with Crippen molar-refractivity contribution in [3.8, 4) is 0 Å². The number of nitrogens with one attached hydrogen (secondary N) is 1. The van der Waals surface area contributed by atoms with E-state index >= 15 is 0 Å². The van der Waals surface area contributed by atoms with Crippen LogP contribution in [-0.2, 0) is 6.54 Å². The molecule has 0 saturated heterocycles. The number of aryl methyl sites for hydroxylation is 1. The van der Waals surface area contributed by atoms with Crippen molar-refractivity contribution in [1.82, 2.24) is 9.78 Å². The molecule has 0 aliphatic rings. The maximum atomic E-state index is 11.9. The summed E-state index contributed by atoms with van der Waals surface area (Å²) in [6.07, 6.45) is 0.649. The van der Waals surface area contributed by atoms with Gasteiger partial charge in [-0.15, -0.1) is 11.6 Å². The number of halogens is 1. The van der Waals surface area contributed by atoms with Gasteiger partial charge < -0.3 is 0 Å². The van der Waals surface area contributed by atoms with Crippen molar-refractivity contribution >= 4 is 22.4 Å². The van der Waals surface area contributed by atoms with E-state index in [9.17, 15) is 9.59 Å². The van der Waals surface area contributed by atoms with Crippen LogP contribution in [0.5, 0.6) is 0 Å². The van der Waals surface area contributed by atoms with E-state index in [-0.39, 0.29) is 11.1 Å². The second-order valence-corrected chi connectivity index (χ2v) is 3.86. The van der Waals surface area contributed by atoms with Gasteiger partial charge in [0.05, 0.1) is 10.8 Å². The topological polar surface area (TPSA) is 54.9 Å². The number of benzene rings is 1. The third-order valence-electron chi connectivity index (χ3n) is 2.40. The van der Waals surface area contributed by atoms with Crippen LogP contribution in [-0.4, -0.2) is 15.7 Å². The Morgan fingerprint density at radius 3 is 2.56 bits per heavy atom. The minimum atomic E-state index is -0.246. The SMILES string of the molecule is O=c1[nH]n(CCCCl)c(=O)c2ccccc12. The molecule has 1 heterocycles. The maximum absolute atomic E-state index is 11.9. The van der Waals surface area contributed by atoms with Gasteiger partial charge in [-0.1, -0.05) is 12.1 Å². The summed E-state index contributed by atoms with van der Waals surface area (Å²) in [6.45, 7) is 0.433. The fraction of sp³-hybridized carbons (Fsp3) is 0.273. The molecule has 2 rings (SSSR count). The van der Waals surface area contributed by atoms with Gasteiger partial charge in [0, 0.05) is 12.4 Å². The Labute approximate surface area is 96.5 Å². The minimum Gasteiger partial charge on any atom is -0.267 e.